The second kappa shape index (κ2) is 17.1. The van der Waals surface area contributed by atoms with E-state index in [1.165, 1.54) is 26.3 Å². The highest BCUT2D eigenvalue weighted by Gasteiger charge is 2.32. The van der Waals surface area contributed by atoms with Crippen LogP contribution in [0.15, 0.2) is 42.6 Å². The van der Waals surface area contributed by atoms with Gasteiger partial charge in [-0.2, -0.15) is 0 Å². The lowest BCUT2D eigenvalue weighted by atomic mass is 9.88. The van der Waals surface area contributed by atoms with E-state index >= 15 is 0 Å². The zero-order valence-corrected chi connectivity index (χ0v) is 24.3. The molecule has 1 aromatic heterocycles. The van der Waals surface area contributed by atoms with Crippen LogP contribution in [0.5, 0.6) is 11.5 Å². The number of carbonyl (C=O) groups excluding carboxylic acids is 3. The molecule has 0 aliphatic rings. The van der Waals surface area contributed by atoms with Gasteiger partial charge < -0.3 is 29.0 Å². The molecule has 4 atom stereocenters. The minimum absolute atomic E-state index is 0.0119. The molecular weight excluding hydrogens is 516 g/mol. The molecule has 220 valence electrons. The summed E-state index contributed by atoms with van der Waals surface area (Å²) in [5.74, 6) is -1.64. The molecule has 0 unspecified atom stereocenters. The number of nitrogens with one attached hydrogen (secondary N) is 1. The second-order valence-corrected chi connectivity index (χ2v) is 9.34. The lowest BCUT2D eigenvalue weighted by molar-refractivity contribution is -0.156. The quantitative estimate of drug-likeness (QED) is 0.221. The van der Waals surface area contributed by atoms with E-state index < -0.39 is 36.8 Å². The Morgan fingerprint density at radius 1 is 1.02 bits per heavy atom. The third-order valence-electron chi connectivity index (χ3n) is 6.40. The van der Waals surface area contributed by atoms with E-state index in [1.807, 2.05) is 37.3 Å². The van der Waals surface area contributed by atoms with Crippen LogP contribution in [-0.2, 0) is 30.2 Å². The normalized spacial score (nSPS) is 13.8. The number of amides is 1. The molecule has 10 nitrogen and oxygen atoms in total. The Bertz CT molecular complexity index is 1080. The van der Waals surface area contributed by atoms with Crippen molar-refractivity contribution in [2.75, 3.05) is 20.5 Å². The molecule has 0 saturated heterocycles. The first-order chi connectivity index (χ1) is 19.2. The Labute approximate surface area is 236 Å². The van der Waals surface area contributed by atoms with Crippen molar-refractivity contribution in [1.82, 2.24) is 10.3 Å². The van der Waals surface area contributed by atoms with Crippen molar-refractivity contribution >= 4 is 17.8 Å². The highest BCUT2D eigenvalue weighted by atomic mass is 16.7. The predicted molar refractivity (Wildman–Crippen MR) is 149 cm³/mol. The molecular formula is C30H42N2O8. The summed E-state index contributed by atoms with van der Waals surface area (Å²) < 4.78 is 27.6. The molecule has 1 aromatic carbocycles. The van der Waals surface area contributed by atoms with Crippen molar-refractivity contribution < 1.29 is 38.1 Å². The SMILES string of the molecule is CCCO[C@@H](CC)[C@@H](Cc1ccccc1)[C@H](C)OC(=O)[C@H](CC)NC(=O)c1nccc(OC)c1OCOC(C)=O. The number of methoxy groups -OCH3 is 1. The number of carbonyl (C=O) groups is 3. The van der Waals surface area contributed by atoms with Crippen molar-refractivity contribution in [3.05, 3.63) is 53.9 Å². The minimum atomic E-state index is -0.932. The van der Waals surface area contributed by atoms with Crippen LogP contribution in [0.1, 0.15) is 69.9 Å². The highest BCUT2D eigenvalue weighted by Crippen LogP contribution is 2.30. The predicted octanol–water partition coefficient (Wildman–Crippen LogP) is 4.49. The van der Waals surface area contributed by atoms with Gasteiger partial charge in [0.15, 0.2) is 17.2 Å². The van der Waals surface area contributed by atoms with Crippen molar-refractivity contribution in [3.63, 3.8) is 0 Å². The summed E-state index contributed by atoms with van der Waals surface area (Å²) in [5, 5.41) is 2.69. The maximum absolute atomic E-state index is 13.3. The summed E-state index contributed by atoms with van der Waals surface area (Å²) in [5.41, 5.74) is 1.01. The van der Waals surface area contributed by atoms with Crippen LogP contribution in [-0.4, -0.2) is 61.6 Å². The Hall–Kier alpha value is -3.66. The van der Waals surface area contributed by atoms with Gasteiger partial charge in [0.05, 0.1) is 13.2 Å². The number of benzene rings is 1. The number of hydrogen-bond donors (Lipinski definition) is 1. The van der Waals surface area contributed by atoms with Gasteiger partial charge in [-0.1, -0.05) is 51.1 Å². The molecule has 0 saturated carbocycles. The van der Waals surface area contributed by atoms with Gasteiger partial charge in [-0.15, -0.1) is 0 Å². The van der Waals surface area contributed by atoms with Gasteiger partial charge in [-0.25, -0.2) is 9.78 Å². The van der Waals surface area contributed by atoms with Gasteiger partial charge >= 0.3 is 11.9 Å². The summed E-state index contributed by atoms with van der Waals surface area (Å²) in [4.78, 5) is 41.7. The van der Waals surface area contributed by atoms with Crippen LogP contribution in [0.3, 0.4) is 0 Å². The Kier molecular flexibility index (Phi) is 13.9. The van der Waals surface area contributed by atoms with Gasteiger partial charge in [-0.3, -0.25) is 9.59 Å². The number of rotatable bonds is 17. The van der Waals surface area contributed by atoms with Gasteiger partial charge in [0.2, 0.25) is 6.79 Å². The van der Waals surface area contributed by atoms with Crippen molar-refractivity contribution in [2.24, 2.45) is 5.92 Å². The first-order valence-electron chi connectivity index (χ1n) is 13.7. The second-order valence-electron chi connectivity index (χ2n) is 9.34. The molecule has 40 heavy (non-hydrogen) atoms. The molecule has 0 aliphatic carbocycles. The standard InChI is InChI=1S/C30H42N2O8/c1-7-17-37-25(9-3)23(18-22-13-11-10-12-14-22)20(4)40-30(35)24(8-2)32-29(34)27-28(39-19-38-21(5)33)26(36-6)15-16-31-27/h10-16,20,23-25H,7-9,17-19H2,1-6H3,(H,32,34)/t20-,23-,24-,25-/m0/s1. The molecule has 0 aliphatic heterocycles. The third-order valence-corrected chi connectivity index (χ3v) is 6.40. The maximum atomic E-state index is 13.3. The molecule has 2 aromatic rings. The van der Waals surface area contributed by atoms with Gasteiger partial charge in [0.25, 0.3) is 5.91 Å². The number of nitrogens with zero attached hydrogens (tertiary/aromatic N) is 1. The minimum Gasteiger partial charge on any atom is -0.493 e. The third kappa shape index (κ3) is 9.82. The summed E-state index contributed by atoms with van der Waals surface area (Å²) >= 11 is 0. The molecule has 1 N–H and O–H groups in total. The van der Waals surface area contributed by atoms with E-state index in [4.69, 9.17) is 23.7 Å². The topological polar surface area (TPSA) is 122 Å². The Morgan fingerprint density at radius 2 is 1.75 bits per heavy atom. The van der Waals surface area contributed by atoms with E-state index in [9.17, 15) is 14.4 Å². The Morgan fingerprint density at radius 3 is 2.35 bits per heavy atom. The van der Waals surface area contributed by atoms with Crippen LogP contribution < -0.4 is 14.8 Å². The molecule has 0 fully saturated rings. The number of ether oxygens (including phenoxy) is 5. The largest absolute Gasteiger partial charge is 0.493 e. The molecule has 0 bridgehead atoms. The fraction of sp³-hybridized carbons (Fsp3) is 0.533. The zero-order valence-electron chi connectivity index (χ0n) is 24.3. The van der Waals surface area contributed by atoms with E-state index in [-0.39, 0.29) is 35.6 Å². The van der Waals surface area contributed by atoms with E-state index in [0.717, 1.165) is 18.4 Å². The van der Waals surface area contributed by atoms with Crippen molar-refractivity contribution in [1.29, 1.82) is 0 Å². The smallest absolute Gasteiger partial charge is 0.328 e. The zero-order chi connectivity index (χ0) is 29.5. The summed E-state index contributed by atoms with van der Waals surface area (Å²) in [6.07, 6.45) is 3.43. The van der Waals surface area contributed by atoms with E-state index in [0.29, 0.717) is 13.0 Å². The maximum Gasteiger partial charge on any atom is 0.328 e. The van der Waals surface area contributed by atoms with E-state index in [1.54, 1.807) is 6.92 Å². The molecule has 1 heterocycles. The lowest BCUT2D eigenvalue weighted by Gasteiger charge is -2.32. The molecule has 2 rings (SSSR count). The number of aromatic nitrogens is 1. The fourth-order valence-corrected chi connectivity index (χ4v) is 4.27. The molecule has 10 heteroatoms. The number of esters is 2. The first kappa shape index (κ1) is 32.6. The van der Waals surface area contributed by atoms with E-state index in [2.05, 4.69) is 24.1 Å². The van der Waals surface area contributed by atoms with Gasteiger partial charge in [0, 0.05) is 31.7 Å². The van der Waals surface area contributed by atoms with Crippen LogP contribution in [0.4, 0.5) is 0 Å². The molecule has 0 radical (unpaired) electrons. The summed E-state index contributed by atoms with van der Waals surface area (Å²) in [6.45, 7) is 9.17. The number of pyridine rings is 1. The van der Waals surface area contributed by atoms with Crippen LogP contribution >= 0.6 is 0 Å². The van der Waals surface area contributed by atoms with Crippen LogP contribution in [0.25, 0.3) is 0 Å². The molecule has 0 spiro atoms. The van der Waals surface area contributed by atoms with Gasteiger partial charge in [0.1, 0.15) is 12.1 Å². The lowest BCUT2D eigenvalue weighted by Crippen LogP contribution is -2.45. The fourth-order valence-electron chi connectivity index (χ4n) is 4.27. The van der Waals surface area contributed by atoms with Crippen molar-refractivity contribution in [3.8, 4) is 11.5 Å². The first-order valence-corrected chi connectivity index (χ1v) is 13.7. The number of hydrogen-bond acceptors (Lipinski definition) is 9. The highest BCUT2D eigenvalue weighted by molar-refractivity contribution is 5.98. The monoisotopic (exact) mass is 558 g/mol. The Balaban J connectivity index is 2.19. The summed E-state index contributed by atoms with van der Waals surface area (Å²) in [7, 11) is 1.41. The van der Waals surface area contributed by atoms with Crippen molar-refractivity contribution in [2.45, 2.75) is 78.6 Å². The van der Waals surface area contributed by atoms with Gasteiger partial charge in [-0.05, 0) is 38.2 Å². The average molecular weight is 559 g/mol. The van der Waals surface area contributed by atoms with Crippen LogP contribution in [0, 0.1) is 5.92 Å². The summed E-state index contributed by atoms with van der Waals surface area (Å²) in [6, 6.07) is 10.6. The molecule has 1 amide bonds. The van der Waals surface area contributed by atoms with Crippen LogP contribution in [0.2, 0.25) is 0 Å². The average Bonchev–Trinajstić information content (AvgIpc) is 2.95.